The van der Waals surface area contributed by atoms with Gasteiger partial charge in [-0.15, -0.1) is 0 Å². The molecule has 0 bridgehead atoms. The Morgan fingerprint density at radius 1 is 1.42 bits per heavy atom. The van der Waals surface area contributed by atoms with Crippen LogP contribution >= 0.6 is 0 Å². The fraction of sp³-hybridized carbons (Fsp3) is 0.700. The van der Waals surface area contributed by atoms with Crippen molar-refractivity contribution in [2.24, 2.45) is 0 Å². The number of alkyl halides is 3. The summed E-state index contributed by atoms with van der Waals surface area (Å²) >= 11 is 0. The smallest absolute Gasteiger partial charge is 0.407 e. The van der Waals surface area contributed by atoms with E-state index < -0.39 is 23.6 Å². The summed E-state index contributed by atoms with van der Waals surface area (Å²) in [7, 11) is 0. The lowest BCUT2D eigenvalue weighted by atomic mass is 10.00. The van der Waals surface area contributed by atoms with E-state index in [2.05, 4.69) is 10.1 Å². The molecule has 2 heterocycles. The molecule has 1 aromatic heterocycles. The van der Waals surface area contributed by atoms with E-state index >= 15 is 0 Å². The SMILES string of the molecule is O=C(O)N1CC(c2noc(C3(C(F)(F)F)CC3)n2)C1. The summed E-state index contributed by atoms with van der Waals surface area (Å²) in [5.74, 6) is -0.524. The van der Waals surface area contributed by atoms with Crippen molar-refractivity contribution in [2.45, 2.75) is 30.4 Å². The summed E-state index contributed by atoms with van der Waals surface area (Å²) < 4.78 is 43.3. The zero-order valence-corrected chi connectivity index (χ0v) is 9.65. The average molecular weight is 277 g/mol. The minimum Gasteiger partial charge on any atom is -0.465 e. The maximum absolute atomic E-state index is 12.8. The molecule has 104 valence electrons. The van der Waals surface area contributed by atoms with Crippen LogP contribution < -0.4 is 0 Å². The van der Waals surface area contributed by atoms with Crippen LogP contribution in [0.1, 0.15) is 30.5 Å². The molecule has 1 saturated carbocycles. The first-order valence-electron chi connectivity index (χ1n) is 5.72. The lowest BCUT2D eigenvalue weighted by Gasteiger charge is -2.34. The predicted octanol–water partition coefficient (Wildman–Crippen LogP) is 1.74. The summed E-state index contributed by atoms with van der Waals surface area (Å²) in [5, 5.41) is 12.2. The van der Waals surface area contributed by atoms with Gasteiger partial charge in [0, 0.05) is 13.1 Å². The van der Waals surface area contributed by atoms with Crippen LogP contribution in [0.25, 0.3) is 0 Å². The van der Waals surface area contributed by atoms with Crippen molar-refractivity contribution >= 4 is 6.09 Å². The van der Waals surface area contributed by atoms with Crippen molar-refractivity contribution in [1.29, 1.82) is 0 Å². The minimum atomic E-state index is -4.39. The lowest BCUT2D eigenvalue weighted by Crippen LogP contribution is -2.48. The molecule has 3 rings (SSSR count). The summed E-state index contributed by atoms with van der Waals surface area (Å²) in [4.78, 5) is 15.5. The second-order valence-electron chi connectivity index (χ2n) is 4.92. The van der Waals surface area contributed by atoms with Gasteiger partial charge in [-0.2, -0.15) is 18.2 Å². The van der Waals surface area contributed by atoms with E-state index in [1.165, 1.54) is 0 Å². The molecule has 1 saturated heterocycles. The molecule has 6 nitrogen and oxygen atoms in total. The van der Waals surface area contributed by atoms with Crippen molar-refractivity contribution in [3.63, 3.8) is 0 Å². The Balaban J connectivity index is 1.74. The largest absolute Gasteiger partial charge is 0.465 e. The van der Waals surface area contributed by atoms with E-state index in [1.807, 2.05) is 0 Å². The average Bonchev–Trinajstić information content (AvgIpc) is 2.91. The third-order valence-corrected chi connectivity index (χ3v) is 3.66. The third kappa shape index (κ3) is 1.75. The highest BCUT2D eigenvalue weighted by Gasteiger charge is 2.68. The van der Waals surface area contributed by atoms with Gasteiger partial charge in [-0.05, 0) is 12.8 Å². The molecule has 1 amide bonds. The Morgan fingerprint density at radius 3 is 2.53 bits per heavy atom. The molecule has 2 aliphatic rings. The molecule has 0 unspecified atom stereocenters. The predicted molar refractivity (Wildman–Crippen MR) is 53.6 cm³/mol. The van der Waals surface area contributed by atoms with Gasteiger partial charge in [0.15, 0.2) is 5.82 Å². The molecule has 9 heteroatoms. The molecule has 0 radical (unpaired) electrons. The normalized spacial score (nSPS) is 22.2. The third-order valence-electron chi connectivity index (χ3n) is 3.66. The van der Waals surface area contributed by atoms with E-state index in [9.17, 15) is 18.0 Å². The molecule has 1 aliphatic heterocycles. The van der Waals surface area contributed by atoms with Crippen LogP contribution in [0, 0.1) is 0 Å². The quantitative estimate of drug-likeness (QED) is 0.890. The van der Waals surface area contributed by atoms with Gasteiger partial charge >= 0.3 is 12.3 Å². The second kappa shape index (κ2) is 3.61. The molecule has 0 spiro atoms. The maximum Gasteiger partial charge on any atom is 0.407 e. The Morgan fingerprint density at radius 2 is 2.05 bits per heavy atom. The molecular weight excluding hydrogens is 267 g/mol. The standard InChI is InChI=1S/C10H10F3N3O3/c11-10(12,13)9(1-2-9)7-14-6(15-19-7)5-3-16(4-5)8(17)18/h5H,1-4H2,(H,17,18). The van der Waals surface area contributed by atoms with Crippen molar-refractivity contribution in [3.8, 4) is 0 Å². The molecule has 1 aliphatic carbocycles. The molecule has 1 aromatic rings. The van der Waals surface area contributed by atoms with Crippen molar-refractivity contribution in [2.75, 3.05) is 13.1 Å². The van der Waals surface area contributed by atoms with E-state index in [-0.39, 0.29) is 37.7 Å². The van der Waals surface area contributed by atoms with Gasteiger partial charge in [-0.1, -0.05) is 5.16 Å². The topological polar surface area (TPSA) is 79.5 Å². The molecule has 2 fully saturated rings. The number of amides is 1. The monoisotopic (exact) mass is 277 g/mol. The first kappa shape index (κ1) is 12.2. The minimum absolute atomic E-state index is 0.0376. The van der Waals surface area contributed by atoms with Crippen LogP contribution in [0.4, 0.5) is 18.0 Å². The second-order valence-corrected chi connectivity index (χ2v) is 4.92. The fourth-order valence-corrected chi connectivity index (χ4v) is 2.14. The highest BCUT2D eigenvalue weighted by Crippen LogP contribution is 2.58. The van der Waals surface area contributed by atoms with Crippen LogP contribution in [0.3, 0.4) is 0 Å². The zero-order valence-electron chi connectivity index (χ0n) is 9.65. The van der Waals surface area contributed by atoms with Crippen molar-refractivity contribution < 1.29 is 27.6 Å². The highest BCUT2D eigenvalue weighted by molar-refractivity contribution is 5.66. The summed E-state index contributed by atoms with van der Waals surface area (Å²) in [6.07, 6.45) is -5.52. The van der Waals surface area contributed by atoms with E-state index in [0.29, 0.717) is 0 Å². The number of likely N-dealkylation sites (tertiary alicyclic amines) is 1. The Bertz CT molecular complexity index is 518. The van der Waals surface area contributed by atoms with E-state index in [4.69, 9.17) is 9.63 Å². The Labute approximate surface area is 105 Å². The number of halogens is 3. The lowest BCUT2D eigenvalue weighted by molar-refractivity contribution is -0.166. The van der Waals surface area contributed by atoms with Gasteiger partial charge in [0.05, 0.1) is 5.92 Å². The number of aromatic nitrogens is 2. The first-order valence-corrected chi connectivity index (χ1v) is 5.72. The molecular formula is C10H10F3N3O3. The fourth-order valence-electron chi connectivity index (χ4n) is 2.14. The van der Waals surface area contributed by atoms with Crippen molar-refractivity contribution in [1.82, 2.24) is 15.0 Å². The first-order chi connectivity index (χ1) is 8.83. The van der Waals surface area contributed by atoms with Gasteiger partial charge in [0.1, 0.15) is 5.41 Å². The van der Waals surface area contributed by atoms with Gasteiger partial charge in [0.2, 0.25) is 5.89 Å². The van der Waals surface area contributed by atoms with Gasteiger partial charge in [-0.25, -0.2) is 4.79 Å². The van der Waals surface area contributed by atoms with Crippen LogP contribution in [-0.4, -0.2) is 45.5 Å². The Kier molecular flexibility index (Phi) is 2.33. The molecule has 0 atom stereocenters. The molecule has 19 heavy (non-hydrogen) atoms. The van der Waals surface area contributed by atoms with Gasteiger partial charge in [0.25, 0.3) is 0 Å². The summed E-state index contributed by atoms with van der Waals surface area (Å²) in [5.41, 5.74) is -1.98. The van der Waals surface area contributed by atoms with Crippen LogP contribution in [0.15, 0.2) is 4.52 Å². The number of carboxylic acid groups (broad SMARTS) is 1. The summed E-state index contributed by atoms with van der Waals surface area (Å²) in [6.45, 7) is 0.376. The number of rotatable bonds is 2. The van der Waals surface area contributed by atoms with Crippen LogP contribution in [0.2, 0.25) is 0 Å². The van der Waals surface area contributed by atoms with Gasteiger partial charge in [-0.3, -0.25) is 0 Å². The molecule has 0 aromatic carbocycles. The number of nitrogens with zero attached hydrogens (tertiary/aromatic N) is 3. The number of hydrogen-bond donors (Lipinski definition) is 1. The molecule has 1 N–H and O–H groups in total. The summed E-state index contributed by atoms with van der Waals surface area (Å²) in [6, 6.07) is 0. The van der Waals surface area contributed by atoms with Gasteiger partial charge < -0.3 is 14.5 Å². The Hall–Kier alpha value is -1.80. The van der Waals surface area contributed by atoms with E-state index in [1.54, 1.807) is 0 Å². The zero-order chi connectivity index (χ0) is 13.8. The van der Waals surface area contributed by atoms with E-state index in [0.717, 1.165) is 4.90 Å². The van der Waals surface area contributed by atoms with Crippen LogP contribution in [0.5, 0.6) is 0 Å². The van der Waals surface area contributed by atoms with Crippen molar-refractivity contribution in [3.05, 3.63) is 11.7 Å². The maximum atomic E-state index is 12.8. The number of hydrogen-bond acceptors (Lipinski definition) is 4. The number of carbonyl (C=O) groups is 1. The highest BCUT2D eigenvalue weighted by atomic mass is 19.4. The van der Waals surface area contributed by atoms with Crippen LogP contribution in [-0.2, 0) is 5.41 Å².